The molecule has 0 unspecified atom stereocenters. The molecule has 0 aromatic heterocycles. The summed E-state index contributed by atoms with van der Waals surface area (Å²) in [4.78, 5) is 10.2. The number of non-ortho nitro benzene ring substituents is 1. The van der Waals surface area contributed by atoms with E-state index in [0.29, 0.717) is 18.0 Å². The van der Waals surface area contributed by atoms with Gasteiger partial charge in [0.1, 0.15) is 5.75 Å². The smallest absolute Gasteiger partial charge is 0.273 e. The van der Waals surface area contributed by atoms with Crippen LogP contribution in [0, 0.1) is 15.5 Å². The Morgan fingerprint density at radius 3 is 2.67 bits per heavy atom. The maximum absolute atomic E-state index is 10.6. The molecule has 0 aliphatic heterocycles. The second kappa shape index (κ2) is 5.68. The average Bonchev–Trinajstić information content (AvgIpc) is 2.36. The van der Waals surface area contributed by atoms with Crippen LogP contribution in [0.15, 0.2) is 18.2 Å². The number of methoxy groups -OCH3 is 1. The summed E-state index contributed by atoms with van der Waals surface area (Å²) < 4.78 is 5.11. The van der Waals surface area contributed by atoms with Crippen LogP contribution in [0.4, 0.5) is 11.4 Å². The first-order chi connectivity index (χ1) is 8.39. The summed E-state index contributed by atoms with van der Waals surface area (Å²) in [6, 6.07) is 4.38. The Hall–Kier alpha value is -1.82. The Labute approximate surface area is 106 Å². The Morgan fingerprint density at radius 1 is 1.50 bits per heavy atom. The molecule has 0 radical (unpaired) electrons. The monoisotopic (exact) mass is 254 g/mol. The summed E-state index contributed by atoms with van der Waals surface area (Å²) in [5.41, 5.74) is 0.385. The average molecular weight is 254 g/mol. The number of nitro groups is 1. The van der Waals surface area contributed by atoms with Crippen molar-refractivity contribution in [2.24, 2.45) is 5.41 Å². The molecule has 0 amide bonds. The fraction of sp³-hybridized carbons (Fsp3) is 0.500. The van der Waals surface area contributed by atoms with Crippen LogP contribution in [0.2, 0.25) is 0 Å². The number of aliphatic hydroxyl groups is 1. The van der Waals surface area contributed by atoms with Crippen LogP contribution in [0.1, 0.15) is 13.8 Å². The Kier molecular flexibility index (Phi) is 4.49. The number of hydrogen-bond donors (Lipinski definition) is 2. The summed E-state index contributed by atoms with van der Waals surface area (Å²) in [6.45, 7) is 4.42. The highest BCUT2D eigenvalue weighted by atomic mass is 16.6. The van der Waals surface area contributed by atoms with Crippen molar-refractivity contribution in [2.75, 3.05) is 25.6 Å². The van der Waals surface area contributed by atoms with Gasteiger partial charge in [-0.3, -0.25) is 10.1 Å². The van der Waals surface area contributed by atoms with Crippen molar-refractivity contribution >= 4 is 11.4 Å². The minimum absolute atomic E-state index is 0.0150. The fourth-order valence-corrected chi connectivity index (χ4v) is 1.33. The molecule has 0 spiro atoms. The number of anilines is 1. The van der Waals surface area contributed by atoms with Crippen molar-refractivity contribution in [3.63, 3.8) is 0 Å². The first kappa shape index (κ1) is 14.2. The topological polar surface area (TPSA) is 84.6 Å². The van der Waals surface area contributed by atoms with Crippen LogP contribution in [-0.4, -0.2) is 30.3 Å². The molecule has 1 aromatic carbocycles. The Bertz CT molecular complexity index is 432. The van der Waals surface area contributed by atoms with E-state index in [4.69, 9.17) is 9.84 Å². The van der Waals surface area contributed by atoms with E-state index >= 15 is 0 Å². The summed E-state index contributed by atoms with van der Waals surface area (Å²) in [5, 5.41) is 22.9. The minimum atomic E-state index is -0.468. The van der Waals surface area contributed by atoms with E-state index in [2.05, 4.69) is 5.32 Å². The lowest BCUT2D eigenvalue weighted by atomic mass is 9.95. The van der Waals surface area contributed by atoms with Gasteiger partial charge in [0.05, 0.1) is 23.8 Å². The van der Waals surface area contributed by atoms with E-state index in [9.17, 15) is 10.1 Å². The number of ether oxygens (including phenoxy) is 1. The molecule has 0 fully saturated rings. The van der Waals surface area contributed by atoms with Crippen molar-refractivity contribution in [1.29, 1.82) is 0 Å². The second-order valence-electron chi connectivity index (χ2n) is 4.82. The summed E-state index contributed by atoms with van der Waals surface area (Å²) in [6.07, 6.45) is 0. The zero-order chi connectivity index (χ0) is 13.8. The summed E-state index contributed by atoms with van der Waals surface area (Å²) >= 11 is 0. The summed E-state index contributed by atoms with van der Waals surface area (Å²) in [5.74, 6) is 0.415. The van der Waals surface area contributed by atoms with Crippen molar-refractivity contribution in [2.45, 2.75) is 13.8 Å². The zero-order valence-electron chi connectivity index (χ0n) is 10.8. The third-order valence-corrected chi connectivity index (χ3v) is 2.58. The quantitative estimate of drug-likeness (QED) is 0.599. The van der Waals surface area contributed by atoms with Gasteiger partial charge in [-0.25, -0.2) is 0 Å². The first-order valence-electron chi connectivity index (χ1n) is 5.57. The van der Waals surface area contributed by atoms with Gasteiger partial charge < -0.3 is 15.2 Å². The van der Waals surface area contributed by atoms with E-state index in [1.54, 1.807) is 6.07 Å². The van der Waals surface area contributed by atoms with E-state index in [-0.39, 0.29) is 17.7 Å². The molecule has 0 aliphatic rings. The Morgan fingerprint density at radius 2 is 2.17 bits per heavy atom. The fourth-order valence-electron chi connectivity index (χ4n) is 1.33. The third kappa shape index (κ3) is 3.59. The lowest BCUT2D eigenvalue weighted by Gasteiger charge is -2.23. The molecule has 0 atom stereocenters. The van der Waals surface area contributed by atoms with E-state index in [1.165, 1.54) is 19.2 Å². The highest BCUT2D eigenvalue weighted by Crippen LogP contribution is 2.29. The standard InChI is InChI=1S/C12H18N2O4/c1-12(2,8-15)7-13-10-5-4-9(14(16)17)6-11(10)18-3/h4-6,13,15H,7-8H2,1-3H3. The van der Waals surface area contributed by atoms with E-state index < -0.39 is 4.92 Å². The van der Waals surface area contributed by atoms with Gasteiger partial charge in [-0.2, -0.15) is 0 Å². The number of nitrogens with one attached hydrogen (secondary N) is 1. The van der Waals surface area contributed by atoms with Crippen LogP contribution in [-0.2, 0) is 0 Å². The molecule has 0 saturated carbocycles. The van der Waals surface area contributed by atoms with Gasteiger partial charge in [0.2, 0.25) is 0 Å². The molecule has 18 heavy (non-hydrogen) atoms. The van der Waals surface area contributed by atoms with Crippen LogP contribution in [0.3, 0.4) is 0 Å². The van der Waals surface area contributed by atoms with Crippen molar-refractivity contribution < 1.29 is 14.8 Å². The number of nitrogens with zero attached hydrogens (tertiary/aromatic N) is 1. The van der Waals surface area contributed by atoms with E-state index in [1.807, 2.05) is 13.8 Å². The molecule has 0 bridgehead atoms. The molecule has 0 heterocycles. The molecule has 1 rings (SSSR count). The third-order valence-electron chi connectivity index (χ3n) is 2.58. The number of benzene rings is 1. The molecular weight excluding hydrogens is 236 g/mol. The minimum Gasteiger partial charge on any atom is -0.494 e. The van der Waals surface area contributed by atoms with Gasteiger partial charge in [0.25, 0.3) is 5.69 Å². The maximum Gasteiger partial charge on any atom is 0.273 e. The predicted octanol–water partition coefficient (Wildman–Crippen LogP) is 2.03. The molecule has 1 aromatic rings. The summed E-state index contributed by atoms with van der Waals surface area (Å²) in [7, 11) is 1.46. The normalized spacial score (nSPS) is 11.1. The number of rotatable bonds is 6. The molecule has 6 nitrogen and oxygen atoms in total. The van der Waals surface area contributed by atoms with Gasteiger partial charge in [-0.15, -0.1) is 0 Å². The molecule has 2 N–H and O–H groups in total. The predicted molar refractivity (Wildman–Crippen MR) is 69.0 cm³/mol. The number of hydrogen-bond acceptors (Lipinski definition) is 5. The first-order valence-corrected chi connectivity index (χ1v) is 5.57. The van der Waals surface area contributed by atoms with Crippen molar-refractivity contribution in [3.05, 3.63) is 28.3 Å². The van der Waals surface area contributed by atoms with Gasteiger partial charge >= 0.3 is 0 Å². The second-order valence-corrected chi connectivity index (χ2v) is 4.82. The highest BCUT2D eigenvalue weighted by molar-refractivity contribution is 5.60. The maximum atomic E-state index is 10.6. The van der Waals surface area contributed by atoms with Gasteiger partial charge in [0, 0.05) is 24.6 Å². The van der Waals surface area contributed by atoms with Gasteiger partial charge in [-0.1, -0.05) is 13.8 Å². The molecule has 0 saturated heterocycles. The van der Waals surface area contributed by atoms with Crippen LogP contribution < -0.4 is 10.1 Å². The van der Waals surface area contributed by atoms with Gasteiger partial charge in [0.15, 0.2) is 0 Å². The van der Waals surface area contributed by atoms with Crippen LogP contribution in [0.25, 0.3) is 0 Å². The van der Waals surface area contributed by atoms with E-state index in [0.717, 1.165) is 0 Å². The zero-order valence-corrected chi connectivity index (χ0v) is 10.8. The van der Waals surface area contributed by atoms with Crippen LogP contribution in [0.5, 0.6) is 5.75 Å². The lowest BCUT2D eigenvalue weighted by Crippen LogP contribution is -2.26. The van der Waals surface area contributed by atoms with Crippen molar-refractivity contribution in [1.82, 2.24) is 0 Å². The number of nitro benzene ring substituents is 1. The molecular formula is C12H18N2O4. The van der Waals surface area contributed by atoms with Gasteiger partial charge in [-0.05, 0) is 6.07 Å². The molecule has 100 valence electrons. The Balaban J connectivity index is 2.86. The molecule has 0 aliphatic carbocycles. The largest absolute Gasteiger partial charge is 0.494 e. The van der Waals surface area contributed by atoms with Crippen molar-refractivity contribution in [3.8, 4) is 5.75 Å². The molecule has 6 heteroatoms. The van der Waals surface area contributed by atoms with Crippen LogP contribution >= 0.6 is 0 Å². The SMILES string of the molecule is COc1cc([N+](=O)[O-])ccc1NCC(C)(C)CO. The lowest BCUT2D eigenvalue weighted by molar-refractivity contribution is -0.384. The highest BCUT2D eigenvalue weighted by Gasteiger charge is 2.18. The number of aliphatic hydroxyl groups excluding tert-OH is 1.